The molecule has 1 atom stereocenters. The number of carbonyl (C=O) groups excluding carboxylic acids is 1. The van der Waals surface area contributed by atoms with E-state index in [1.807, 2.05) is 24.3 Å². The summed E-state index contributed by atoms with van der Waals surface area (Å²) in [7, 11) is -3.84. The molecule has 144 valence electrons. The van der Waals surface area contributed by atoms with E-state index in [1.165, 1.54) is 4.31 Å². The van der Waals surface area contributed by atoms with Crippen molar-refractivity contribution in [3.63, 3.8) is 0 Å². The molecule has 4 rings (SSSR count). The number of hydrogen-bond acceptors (Lipinski definition) is 5. The third-order valence-corrected chi connectivity index (χ3v) is 7.55. The topological polar surface area (TPSA) is 83.7 Å². The Balaban J connectivity index is 1.67. The van der Waals surface area contributed by atoms with Crippen LogP contribution < -0.4 is 4.90 Å². The zero-order valence-corrected chi connectivity index (χ0v) is 16.3. The molecule has 7 nitrogen and oxygen atoms in total. The van der Waals surface area contributed by atoms with Crippen molar-refractivity contribution in [2.45, 2.75) is 50.5 Å². The van der Waals surface area contributed by atoms with Crippen LogP contribution in [0.3, 0.4) is 0 Å². The molecule has 1 amide bonds. The van der Waals surface area contributed by atoms with Crippen molar-refractivity contribution in [3.05, 3.63) is 41.3 Å². The van der Waals surface area contributed by atoms with Crippen LogP contribution in [0, 0.1) is 13.8 Å². The van der Waals surface area contributed by atoms with Crippen molar-refractivity contribution in [1.82, 2.24) is 9.46 Å². The number of benzene rings is 1. The van der Waals surface area contributed by atoms with Crippen LogP contribution in [0.15, 0.2) is 33.7 Å². The SMILES string of the molecule is Cc1noc(C)c1S(=O)(=O)N1CCC[C@H]1C(=O)N1CCCc2ccccc21. The third kappa shape index (κ3) is 2.96. The second kappa shape index (κ2) is 6.76. The molecule has 0 saturated carbocycles. The molecule has 2 aliphatic rings. The Labute approximate surface area is 159 Å². The summed E-state index contributed by atoms with van der Waals surface area (Å²) in [5.41, 5.74) is 2.36. The van der Waals surface area contributed by atoms with E-state index >= 15 is 0 Å². The lowest BCUT2D eigenvalue weighted by molar-refractivity contribution is -0.121. The molecule has 2 aromatic rings. The molecule has 0 radical (unpaired) electrons. The molecule has 1 fully saturated rings. The first-order valence-corrected chi connectivity index (χ1v) is 10.7. The molecule has 0 bridgehead atoms. The predicted molar refractivity (Wildman–Crippen MR) is 100 cm³/mol. The lowest BCUT2D eigenvalue weighted by Crippen LogP contribution is -2.49. The molecular formula is C19H23N3O4S. The number of nitrogens with zero attached hydrogens (tertiary/aromatic N) is 3. The first kappa shape index (κ1) is 18.2. The van der Waals surface area contributed by atoms with E-state index in [4.69, 9.17) is 4.52 Å². The highest BCUT2D eigenvalue weighted by atomic mass is 32.2. The van der Waals surface area contributed by atoms with Crippen molar-refractivity contribution < 1.29 is 17.7 Å². The lowest BCUT2D eigenvalue weighted by atomic mass is 10.0. The largest absolute Gasteiger partial charge is 0.360 e. The van der Waals surface area contributed by atoms with Gasteiger partial charge in [0, 0.05) is 18.8 Å². The molecular weight excluding hydrogens is 366 g/mol. The number of anilines is 1. The molecule has 0 N–H and O–H groups in total. The molecule has 0 unspecified atom stereocenters. The van der Waals surface area contributed by atoms with Crippen LogP contribution >= 0.6 is 0 Å². The van der Waals surface area contributed by atoms with E-state index in [0.717, 1.165) is 24.1 Å². The number of fused-ring (bicyclic) bond motifs is 1. The van der Waals surface area contributed by atoms with Gasteiger partial charge >= 0.3 is 0 Å². The molecule has 0 spiro atoms. The summed E-state index contributed by atoms with van der Waals surface area (Å²) in [4.78, 5) is 15.2. The zero-order valence-electron chi connectivity index (χ0n) is 15.5. The van der Waals surface area contributed by atoms with Crippen LogP contribution in [0.2, 0.25) is 0 Å². The van der Waals surface area contributed by atoms with Crippen LogP contribution in [0.25, 0.3) is 0 Å². The zero-order chi connectivity index (χ0) is 19.2. The number of rotatable bonds is 3. The van der Waals surface area contributed by atoms with Crippen LogP contribution in [0.4, 0.5) is 5.69 Å². The van der Waals surface area contributed by atoms with Gasteiger partial charge in [0.2, 0.25) is 15.9 Å². The summed E-state index contributed by atoms with van der Waals surface area (Å²) in [5, 5.41) is 3.77. The molecule has 27 heavy (non-hydrogen) atoms. The Kier molecular flexibility index (Phi) is 4.55. The number of aryl methyl sites for hydroxylation is 3. The average molecular weight is 389 g/mol. The molecule has 1 aromatic carbocycles. The summed E-state index contributed by atoms with van der Waals surface area (Å²) in [6.07, 6.45) is 3.01. The van der Waals surface area contributed by atoms with Crippen molar-refractivity contribution in [3.8, 4) is 0 Å². The van der Waals surface area contributed by atoms with Gasteiger partial charge in [-0.3, -0.25) is 4.79 Å². The van der Waals surface area contributed by atoms with Crippen LogP contribution in [0.5, 0.6) is 0 Å². The minimum absolute atomic E-state index is 0.0845. The average Bonchev–Trinajstić information content (AvgIpc) is 3.28. The fourth-order valence-corrected chi connectivity index (χ4v) is 6.12. The first-order chi connectivity index (χ1) is 12.9. The van der Waals surface area contributed by atoms with Gasteiger partial charge in [-0.2, -0.15) is 4.31 Å². The first-order valence-electron chi connectivity index (χ1n) is 9.25. The van der Waals surface area contributed by atoms with E-state index in [1.54, 1.807) is 18.7 Å². The van der Waals surface area contributed by atoms with Gasteiger partial charge in [0.05, 0.1) is 0 Å². The molecule has 8 heteroatoms. The number of amides is 1. The van der Waals surface area contributed by atoms with Gasteiger partial charge in [0.1, 0.15) is 16.6 Å². The maximum atomic E-state index is 13.3. The normalized spacial score (nSPS) is 20.7. The van der Waals surface area contributed by atoms with Crippen LogP contribution in [0.1, 0.15) is 36.3 Å². The van der Waals surface area contributed by atoms with E-state index in [2.05, 4.69) is 5.16 Å². The summed E-state index contributed by atoms with van der Waals surface area (Å²) in [5.74, 6) is 0.115. The second-order valence-electron chi connectivity index (χ2n) is 7.15. The van der Waals surface area contributed by atoms with E-state index in [-0.39, 0.29) is 16.6 Å². The second-order valence-corrected chi connectivity index (χ2v) is 8.98. The lowest BCUT2D eigenvalue weighted by Gasteiger charge is -2.33. The van der Waals surface area contributed by atoms with Gasteiger partial charge in [0.25, 0.3) is 0 Å². The molecule has 2 aliphatic heterocycles. The number of aromatic nitrogens is 1. The summed E-state index contributed by atoms with van der Waals surface area (Å²) in [6, 6.07) is 7.17. The Morgan fingerprint density at radius 2 is 1.96 bits per heavy atom. The molecule has 1 saturated heterocycles. The highest BCUT2D eigenvalue weighted by Crippen LogP contribution is 2.33. The Morgan fingerprint density at radius 1 is 1.19 bits per heavy atom. The minimum Gasteiger partial charge on any atom is -0.360 e. The van der Waals surface area contributed by atoms with Gasteiger partial charge in [-0.15, -0.1) is 0 Å². The van der Waals surface area contributed by atoms with Crippen LogP contribution in [-0.4, -0.2) is 42.9 Å². The maximum Gasteiger partial charge on any atom is 0.249 e. The number of hydrogen-bond donors (Lipinski definition) is 0. The maximum absolute atomic E-state index is 13.3. The Morgan fingerprint density at radius 3 is 2.70 bits per heavy atom. The van der Waals surface area contributed by atoms with E-state index in [9.17, 15) is 13.2 Å². The molecule has 1 aromatic heterocycles. The van der Waals surface area contributed by atoms with Crippen molar-refractivity contribution >= 4 is 21.6 Å². The number of carbonyl (C=O) groups is 1. The predicted octanol–water partition coefficient (Wildman–Crippen LogP) is 2.42. The van der Waals surface area contributed by atoms with Crippen molar-refractivity contribution in [2.75, 3.05) is 18.0 Å². The molecule has 0 aliphatic carbocycles. The minimum atomic E-state index is -3.84. The number of para-hydroxylation sites is 1. The van der Waals surface area contributed by atoms with Gasteiger partial charge < -0.3 is 9.42 Å². The summed E-state index contributed by atoms with van der Waals surface area (Å²) < 4.78 is 32.9. The Bertz CT molecular complexity index is 963. The van der Waals surface area contributed by atoms with Gasteiger partial charge in [-0.25, -0.2) is 8.42 Å². The van der Waals surface area contributed by atoms with E-state index in [0.29, 0.717) is 31.6 Å². The molecule has 3 heterocycles. The Hall–Kier alpha value is -2.19. The van der Waals surface area contributed by atoms with Crippen molar-refractivity contribution in [1.29, 1.82) is 0 Å². The highest BCUT2D eigenvalue weighted by molar-refractivity contribution is 7.89. The van der Waals surface area contributed by atoms with Gasteiger partial charge in [-0.05, 0) is 51.2 Å². The monoisotopic (exact) mass is 389 g/mol. The fraction of sp³-hybridized carbons (Fsp3) is 0.474. The third-order valence-electron chi connectivity index (χ3n) is 5.40. The quantitative estimate of drug-likeness (QED) is 0.805. The fourth-order valence-electron chi connectivity index (χ4n) is 4.18. The highest BCUT2D eigenvalue weighted by Gasteiger charge is 2.43. The van der Waals surface area contributed by atoms with E-state index < -0.39 is 16.1 Å². The van der Waals surface area contributed by atoms with Gasteiger partial charge in [-0.1, -0.05) is 23.4 Å². The standard InChI is InChI=1S/C19H23N3O4S/c1-13-18(14(2)26-20-13)27(24,25)22-12-6-10-17(22)19(23)21-11-5-8-15-7-3-4-9-16(15)21/h3-4,7,9,17H,5-6,8,10-12H2,1-2H3/t17-/m0/s1. The van der Waals surface area contributed by atoms with Gasteiger partial charge in [0.15, 0.2) is 5.76 Å². The number of sulfonamides is 1. The summed E-state index contributed by atoms with van der Waals surface area (Å²) in [6.45, 7) is 4.14. The van der Waals surface area contributed by atoms with Crippen LogP contribution in [-0.2, 0) is 21.2 Å². The van der Waals surface area contributed by atoms with Crippen molar-refractivity contribution in [2.24, 2.45) is 0 Å². The summed E-state index contributed by atoms with van der Waals surface area (Å²) >= 11 is 0. The smallest absolute Gasteiger partial charge is 0.249 e.